The summed E-state index contributed by atoms with van der Waals surface area (Å²) in [4.78, 5) is 30.7. The highest BCUT2D eigenvalue weighted by Crippen LogP contribution is 2.44. The molecule has 0 spiro atoms. The molecule has 0 saturated carbocycles. The van der Waals surface area contributed by atoms with Gasteiger partial charge in [-0.05, 0) is 98.4 Å². The van der Waals surface area contributed by atoms with Crippen molar-refractivity contribution in [3.8, 4) is 0 Å². The number of carbonyl (C=O) groups is 1. The Morgan fingerprint density at radius 3 is 1.80 bits per heavy atom. The molecule has 216 valence electrons. The second kappa shape index (κ2) is 11.8. The van der Waals surface area contributed by atoms with E-state index in [1.807, 2.05) is 0 Å². The molecule has 41 heavy (non-hydrogen) atoms. The summed E-state index contributed by atoms with van der Waals surface area (Å²) in [6.07, 6.45) is 10.4. The lowest BCUT2D eigenvalue weighted by molar-refractivity contribution is -0.116. The molecule has 0 aromatic carbocycles. The molecule has 8 bridgehead atoms. The van der Waals surface area contributed by atoms with E-state index in [9.17, 15) is 4.79 Å². The number of nitrogens with one attached hydrogen (secondary N) is 1. The Bertz CT molecular complexity index is 1630. The van der Waals surface area contributed by atoms with Gasteiger partial charge in [0, 0.05) is 39.7 Å². The molecule has 1 unspecified atom stereocenters. The van der Waals surface area contributed by atoms with Crippen molar-refractivity contribution in [3.05, 3.63) is 78.9 Å². The highest BCUT2D eigenvalue weighted by atomic mass is 16.1. The molecule has 4 aliphatic heterocycles. The number of hydrogen-bond donors (Lipinski definition) is 1. The molecule has 5 heterocycles. The SMILES string of the molecule is CCC1=C(CC)/C2=C(\CC)C3=N/C(=C(/CC)C4=C(CC)C(=O)C(/C=c5/cc/c([nH]5)=C/C1=N2)N4CC)C(CC)=C3CC. The van der Waals surface area contributed by atoms with E-state index in [0.717, 1.165) is 89.9 Å². The van der Waals surface area contributed by atoms with E-state index in [1.54, 1.807) is 0 Å². The van der Waals surface area contributed by atoms with Crippen LogP contribution in [0, 0.1) is 0 Å². The summed E-state index contributed by atoms with van der Waals surface area (Å²) >= 11 is 0. The third-order valence-corrected chi connectivity index (χ3v) is 9.15. The summed E-state index contributed by atoms with van der Waals surface area (Å²) in [7, 11) is 0. The molecular formula is C36H46N4O. The first-order valence-corrected chi connectivity index (χ1v) is 15.9. The van der Waals surface area contributed by atoms with Crippen molar-refractivity contribution in [3.63, 3.8) is 0 Å². The minimum Gasteiger partial charge on any atom is -0.357 e. The fourth-order valence-corrected chi connectivity index (χ4v) is 7.28. The molecule has 0 amide bonds. The third-order valence-electron chi connectivity index (χ3n) is 9.15. The van der Waals surface area contributed by atoms with Crippen LogP contribution in [0.3, 0.4) is 0 Å². The molecule has 0 radical (unpaired) electrons. The Hall–Kier alpha value is -3.47. The molecule has 1 aromatic heterocycles. The largest absolute Gasteiger partial charge is 0.357 e. The van der Waals surface area contributed by atoms with Crippen molar-refractivity contribution >= 4 is 29.4 Å². The van der Waals surface area contributed by atoms with Crippen LogP contribution in [0.2, 0.25) is 0 Å². The van der Waals surface area contributed by atoms with E-state index in [2.05, 4.69) is 89.6 Å². The first-order chi connectivity index (χ1) is 19.9. The van der Waals surface area contributed by atoms with E-state index in [0.29, 0.717) is 6.42 Å². The number of likely N-dealkylation sites (N-methyl/N-ethyl adjacent to an activating group) is 1. The number of hydrogen-bond acceptors (Lipinski definition) is 4. The van der Waals surface area contributed by atoms with Crippen molar-refractivity contribution in [1.29, 1.82) is 0 Å². The van der Waals surface area contributed by atoms with Gasteiger partial charge in [0.2, 0.25) is 0 Å². The maximum absolute atomic E-state index is 14.0. The second-order valence-corrected chi connectivity index (χ2v) is 11.1. The summed E-state index contributed by atoms with van der Waals surface area (Å²) in [6.45, 7) is 18.5. The highest BCUT2D eigenvalue weighted by molar-refractivity contribution is 6.24. The van der Waals surface area contributed by atoms with E-state index in [-0.39, 0.29) is 11.8 Å². The lowest BCUT2D eigenvalue weighted by Gasteiger charge is -2.27. The average Bonchev–Trinajstić information content (AvgIpc) is 3.73. The Labute approximate surface area is 245 Å². The Balaban J connectivity index is 1.95. The summed E-state index contributed by atoms with van der Waals surface area (Å²) in [6, 6.07) is 3.87. The molecule has 5 heteroatoms. The number of carbonyl (C=O) groups excluding carboxylic acids is 1. The number of aromatic amines is 1. The van der Waals surface area contributed by atoms with Crippen LogP contribution >= 0.6 is 0 Å². The number of aromatic nitrogens is 1. The first-order valence-electron chi connectivity index (χ1n) is 15.9. The number of H-pyrrole nitrogens is 1. The van der Waals surface area contributed by atoms with Crippen molar-refractivity contribution in [2.45, 2.75) is 106 Å². The zero-order valence-electron chi connectivity index (χ0n) is 26.3. The minimum absolute atomic E-state index is 0.212. The van der Waals surface area contributed by atoms with Gasteiger partial charge in [-0.2, -0.15) is 0 Å². The van der Waals surface area contributed by atoms with Gasteiger partial charge < -0.3 is 9.88 Å². The topological polar surface area (TPSA) is 60.8 Å². The Kier molecular flexibility index (Phi) is 8.35. The lowest BCUT2D eigenvalue weighted by Crippen LogP contribution is -2.34. The van der Waals surface area contributed by atoms with Gasteiger partial charge >= 0.3 is 0 Å². The zero-order chi connectivity index (χ0) is 29.4. The normalized spacial score (nSPS) is 26.1. The predicted octanol–water partition coefficient (Wildman–Crippen LogP) is 7.00. The van der Waals surface area contributed by atoms with Gasteiger partial charge in [0.25, 0.3) is 0 Å². The number of rotatable bonds is 8. The summed E-state index contributed by atoms with van der Waals surface area (Å²) in [5.74, 6) is 0.212. The first kappa shape index (κ1) is 29.0. The van der Waals surface area contributed by atoms with Gasteiger partial charge in [0.15, 0.2) is 5.78 Å². The molecule has 0 aliphatic carbocycles. The van der Waals surface area contributed by atoms with Crippen LogP contribution < -0.4 is 10.7 Å². The van der Waals surface area contributed by atoms with Crippen LogP contribution in [0.5, 0.6) is 0 Å². The maximum atomic E-state index is 14.0. The second-order valence-electron chi connectivity index (χ2n) is 11.1. The number of aliphatic imine (C=N–C) groups is 2. The smallest absolute Gasteiger partial charge is 0.187 e. The number of fused-ring (bicyclic) bond motifs is 6. The van der Waals surface area contributed by atoms with E-state index in [1.165, 1.54) is 33.4 Å². The minimum atomic E-state index is -0.324. The molecule has 4 aliphatic rings. The van der Waals surface area contributed by atoms with Crippen LogP contribution in [0.1, 0.15) is 100 Å². The molecule has 1 N–H and O–H groups in total. The van der Waals surface area contributed by atoms with Gasteiger partial charge in [-0.15, -0.1) is 0 Å². The van der Waals surface area contributed by atoms with Crippen LogP contribution in [-0.2, 0) is 4.79 Å². The van der Waals surface area contributed by atoms with E-state index in [4.69, 9.17) is 9.98 Å². The summed E-state index contributed by atoms with van der Waals surface area (Å²) < 4.78 is 0. The van der Waals surface area contributed by atoms with Crippen molar-refractivity contribution in [2.75, 3.05) is 6.54 Å². The zero-order valence-corrected chi connectivity index (χ0v) is 26.3. The quantitative estimate of drug-likeness (QED) is 0.379. The number of Topliss-reactive ketones (excluding diaryl/α,β-unsaturated/α-hetero) is 1. The standard InChI is InChI=1S/C36H46N4O/c1-9-23-24(10-2)32-27(13-5)33-25(11-3)26(12-4)34(39-33)28(14-6)35-29(15-7)36(41)31(40(35)16-8)20-22-18-17-21(37-22)19-30(23)38-32/h17-20,31,37H,9-16H2,1-8H3/b21-19-,22-20-,32-27-,34-28-. The number of allylic oxidation sites excluding steroid dienone is 6. The van der Waals surface area contributed by atoms with Gasteiger partial charge in [0.1, 0.15) is 6.04 Å². The molecule has 5 rings (SSSR count). The monoisotopic (exact) mass is 550 g/mol. The van der Waals surface area contributed by atoms with Crippen LogP contribution in [-0.4, -0.2) is 39.7 Å². The van der Waals surface area contributed by atoms with E-state index < -0.39 is 0 Å². The van der Waals surface area contributed by atoms with Crippen molar-refractivity contribution < 1.29 is 4.79 Å². The van der Waals surface area contributed by atoms with Crippen LogP contribution in [0.25, 0.3) is 12.2 Å². The van der Waals surface area contributed by atoms with Crippen molar-refractivity contribution in [2.24, 2.45) is 9.98 Å². The van der Waals surface area contributed by atoms with Crippen molar-refractivity contribution in [1.82, 2.24) is 9.88 Å². The van der Waals surface area contributed by atoms with Gasteiger partial charge in [0.05, 0.1) is 22.8 Å². The fourth-order valence-electron chi connectivity index (χ4n) is 7.28. The molecule has 1 aromatic rings. The fraction of sp³-hybridized carbons (Fsp3) is 0.472. The number of nitrogens with zero attached hydrogens (tertiary/aromatic N) is 3. The maximum Gasteiger partial charge on any atom is 0.187 e. The van der Waals surface area contributed by atoms with Crippen LogP contribution in [0.4, 0.5) is 0 Å². The Morgan fingerprint density at radius 1 is 0.659 bits per heavy atom. The molecule has 0 fully saturated rings. The predicted molar refractivity (Wildman–Crippen MR) is 172 cm³/mol. The Morgan fingerprint density at radius 2 is 1.22 bits per heavy atom. The van der Waals surface area contributed by atoms with E-state index >= 15 is 0 Å². The number of ketones is 1. The molecule has 0 saturated heterocycles. The van der Waals surface area contributed by atoms with Gasteiger partial charge in [-0.25, -0.2) is 9.98 Å². The lowest BCUT2D eigenvalue weighted by atomic mass is 9.89. The molecule has 5 nitrogen and oxygen atoms in total. The molecular weight excluding hydrogens is 504 g/mol. The molecule has 1 atom stereocenters. The van der Waals surface area contributed by atoms with Crippen LogP contribution in [0.15, 0.2) is 78.2 Å². The van der Waals surface area contributed by atoms with Gasteiger partial charge in [-0.3, -0.25) is 4.79 Å². The third kappa shape index (κ3) is 4.58. The average molecular weight is 551 g/mol. The van der Waals surface area contributed by atoms with Gasteiger partial charge in [-0.1, -0.05) is 48.5 Å². The summed E-state index contributed by atoms with van der Waals surface area (Å²) in [5.41, 5.74) is 14.2. The summed E-state index contributed by atoms with van der Waals surface area (Å²) in [5, 5.41) is 1.98. The highest BCUT2D eigenvalue weighted by Gasteiger charge is 2.39.